The molecule has 0 fully saturated rings. The first-order valence-electron chi connectivity index (χ1n) is 14.4. The molecule has 2 amide bonds. The van der Waals surface area contributed by atoms with Gasteiger partial charge in [-0.15, -0.1) is 0 Å². The Hall–Kier alpha value is -4.05. The van der Waals surface area contributed by atoms with Crippen LogP contribution >= 0.6 is 0 Å². The van der Waals surface area contributed by atoms with E-state index in [-0.39, 0.29) is 26.5 Å². The summed E-state index contributed by atoms with van der Waals surface area (Å²) >= 11 is -0.0547. The van der Waals surface area contributed by atoms with Crippen LogP contribution in [-0.4, -0.2) is 54.9 Å². The molecule has 1 aliphatic carbocycles. The summed E-state index contributed by atoms with van der Waals surface area (Å²) in [5.74, 6) is -1.25. The van der Waals surface area contributed by atoms with E-state index >= 15 is 0 Å². The van der Waals surface area contributed by atoms with Crippen LogP contribution in [0.15, 0.2) is 82.6 Å². The Morgan fingerprint density at radius 2 is 1.93 bits per heavy atom. The Balaban J connectivity index is 1.42. The van der Waals surface area contributed by atoms with Crippen LogP contribution < -0.4 is 19.5 Å². The third-order valence-electron chi connectivity index (χ3n) is 7.54. The number of ether oxygens (including phenoxy) is 1. The quantitative estimate of drug-likeness (QED) is 0.204. The molecule has 2 heterocycles. The number of benzene rings is 2. The molecule has 5 rings (SSSR count). The molecule has 234 valence electrons. The van der Waals surface area contributed by atoms with Crippen molar-refractivity contribution in [3.8, 4) is 5.75 Å². The van der Waals surface area contributed by atoms with Crippen molar-refractivity contribution in [3.63, 3.8) is 0 Å². The summed E-state index contributed by atoms with van der Waals surface area (Å²) in [6, 6.07) is 11.7. The molecule has 9 nitrogen and oxygen atoms in total. The van der Waals surface area contributed by atoms with E-state index in [9.17, 15) is 18.6 Å². The molecule has 0 radical (unpaired) electrons. The predicted molar refractivity (Wildman–Crippen MR) is 175 cm³/mol. The second kappa shape index (κ2) is 13.1. The van der Waals surface area contributed by atoms with Gasteiger partial charge in [0.25, 0.3) is 0 Å². The van der Waals surface area contributed by atoms with Gasteiger partial charge in [0.15, 0.2) is 0 Å². The number of carboxylic acids is 1. The summed E-state index contributed by atoms with van der Waals surface area (Å²) in [5.41, 5.74) is 5.20. The summed E-state index contributed by atoms with van der Waals surface area (Å²) in [7, 11) is 0.846. The number of fused-ring (bicyclic) bond motifs is 2. The van der Waals surface area contributed by atoms with Crippen LogP contribution in [0.25, 0.3) is 15.9 Å². The molecule has 3 aromatic rings. The van der Waals surface area contributed by atoms with Crippen LogP contribution in [0.1, 0.15) is 43.2 Å². The topological polar surface area (TPSA) is 117 Å². The number of allylic oxidation sites excluding steroid dienone is 6. The van der Waals surface area contributed by atoms with Gasteiger partial charge in [-0.1, -0.05) is 0 Å². The van der Waals surface area contributed by atoms with E-state index in [1.54, 1.807) is 6.26 Å². The number of anilines is 1. The standard InChI is InChI=1S/C34H35N3O6SSe/c1-21-9-12-28-26(13-21)37(20-30(39)35-29(38)17-33(40)41)32(45-28)15-23-14-22(18-34(2,3)19-23)7-6-8-31-36(4)25-16-24(44(5)42)10-11-27(25)43-31/h6-16H,17-20H2,1-5H3,(H-,35,38,39,40,41)/p+1. The molecule has 1 atom stereocenters. The van der Waals surface area contributed by atoms with E-state index in [4.69, 9.17) is 9.84 Å². The number of nitrogens with zero attached hydrogens (tertiary/aromatic N) is 2. The molecular formula is C34H36N3O6SSe+. The third kappa shape index (κ3) is 7.79. The summed E-state index contributed by atoms with van der Waals surface area (Å²) in [4.78, 5) is 38.3. The normalized spacial score (nSPS) is 18.2. The van der Waals surface area contributed by atoms with Crippen molar-refractivity contribution in [1.29, 1.82) is 0 Å². The van der Waals surface area contributed by atoms with Crippen molar-refractivity contribution in [2.45, 2.75) is 51.5 Å². The van der Waals surface area contributed by atoms with E-state index < -0.39 is 35.0 Å². The van der Waals surface area contributed by atoms with Crippen LogP contribution in [0.2, 0.25) is 0 Å². The average molecular weight is 694 g/mol. The molecule has 1 aromatic heterocycles. The Labute approximate surface area is 270 Å². The zero-order valence-corrected chi connectivity index (χ0v) is 28.4. The van der Waals surface area contributed by atoms with Crippen molar-refractivity contribution < 1.29 is 33.0 Å². The molecule has 2 N–H and O–H groups in total. The number of carbonyl (C=O) groups excluding carboxylic acids is 2. The first-order chi connectivity index (χ1) is 21.3. The molecule has 0 saturated heterocycles. The number of aryl methyl sites for hydroxylation is 1. The predicted octanol–water partition coefficient (Wildman–Crippen LogP) is 4.40. The van der Waals surface area contributed by atoms with Gasteiger partial charge in [-0.05, 0) is 6.07 Å². The monoisotopic (exact) mass is 694 g/mol. The zero-order chi connectivity index (χ0) is 32.5. The van der Waals surface area contributed by atoms with Crippen molar-refractivity contribution in [3.05, 3.63) is 87.9 Å². The second-order valence-electron chi connectivity index (χ2n) is 12.1. The summed E-state index contributed by atoms with van der Waals surface area (Å²) in [5, 5.41) is 11.1. The molecule has 45 heavy (non-hydrogen) atoms. The summed E-state index contributed by atoms with van der Waals surface area (Å²) < 4.78 is 22.1. The first kappa shape index (κ1) is 32.3. The van der Waals surface area contributed by atoms with Gasteiger partial charge in [-0.2, -0.15) is 0 Å². The molecule has 1 aliphatic heterocycles. The van der Waals surface area contributed by atoms with Gasteiger partial charge < -0.3 is 0 Å². The number of aliphatic carboxylic acids is 1. The Morgan fingerprint density at radius 3 is 2.67 bits per heavy atom. The summed E-state index contributed by atoms with van der Waals surface area (Å²) in [6.07, 6.45) is 13.0. The molecule has 2 aromatic carbocycles. The number of rotatable bonds is 8. The number of nitrogens with one attached hydrogen (secondary N) is 1. The van der Waals surface area contributed by atoms with E-state index in [1.807, 2.05) is 59.9 Å². The minimum atomic E-state index is -1.28. The molecule has 0 spiro atoms. The number of hydrogen-bond acceptors (Lipinski definition) is 6. The van der Waals surface area contributed by atoms with E-state index in [1.165, 1.54) is 5.57 Å². The third-order valence-corrected chi connectivity index (χ3v) is 10.8. The van der Waals surface area contributed by atoms with Gasteiger partial charge in [0.1, 0.15) is 0 Å². The minimum absolute atomic E-state index is 0.0115. The zero-order valence-electron chi connectivity index (χ0n) is 25.9. The average Bonchev–Trinajstić information content (AvgIpc) is 3.42. The van der Waals surface area contributed by atoms with E-state index in [0.29, 0.717) is 5.88 Å². The molecule has 1 unspecified atom stereocenters. The van der Waals surface area contributed by atoms with Gasteiger partial charge in [0, 0.05) is 22.0 Å². The van der Waals surface area contributed by atoms with Crippen LogP contribution in [0.4, 0.5) is 5.69 Å². The van der Waals surface area contributed by atoms with Crippen LogP contribution in [0.3, 0.4) is 0 Å². The fraction of sp³-hybridized carbons (Fsp3) is 0.294. The number of aromatic nitrogens is 1. The van der Waals surface area contributed by atoms with Crippen LogP contribution in [-0.2, 0) is 31.7 Å². The maximum atomic E-state index is 12.8. The number of imide groups is 1. The summed E-state index contributed by atoms with van der Waals surface area (Å²) in [6.45, 7) is 6.39. The van der Waals surface area contributed by atoms with Gasteiger partial charge in [0.2, 0.25) is 0 Å². The Morgan fingerprint density at radius 1 is 1.16 bits per heavy atom. The molecular weight excluding hydrogens is 657 g/mol. The SMILES string of the molecule is Cc1ccc2[se]c(/C=C3C=C(/C=C/C=C4\Oc5ccc(S(C)=O)cc5N4C)CC(C)(C)C/3)[n+](CC(=O)NC(=O)CC(=O)O)c2c1. The molecule has 0 saturated carbocycles. The molecule has 11 heteroatoms. The Bertz CT molecular complexity index is 1870. The van der Waals surface area contributed by atoms with Gasteiger partial charge in [-0.3, -0.25) is 4.21 Å². The van der Waals surface area contributed by atoms with Gasteiger partial charge in [0.05, 0.1) is 0 Å². The number of amides is 2. The molecule has 2 aliphatic rings. The fourth-order valence-electron chi connectivity index (χ4n) is 5.59. The van der Waals surface area contributed by atoms with Crippen molar-refractivity contribution in [2.75, 3.05) is 18.2 Å². The van der Waals surface area contributed by atoms with Crippen LogP contribution in [0.5, 0.6) is 5.75 Å². The second-order valence-corrected chi connectivity index (χ2v) is 15.7. The van der Waals surface area contributed by atoms with Crippen molar-refractivity contribution in [2.24, 2.45) is 5.41 Å². The number of hydrogen-bond donors (Lipinski definition) is 2. The van der Waals surface area contributed by atoms with Crippen LogP contribution in [0, 0.1) is 12.3 Å². The number of carboxylic acid groups (broad SMARTS) is 1. The first-order valence-corrected chi connectivity index (χ1v) is 17.7. The maximum absolute atomic E-state index is 12.8. The fourth-order valence-corrected chi connectivity index (χ4v) is 8.48. The van der Waals surface area contributed by atoms with Gasteiger partial charge >= 0.3 is 239 Å². The van der Waals surface area contributed by atoms with Crippen molar-refractivity contribution >= 4 is 64.6 Å². The van der Waals surface area contributed by atoms with Gasteiger partial charge in [-0.25, -0.2) is 0 Å². The van der Waals surface area contributed by atoms with Crippen molar-refractivity contribution in [1.82, 2.24) is 5.32 Å². The molecule has 0 bridgehead atoms. The van der Waals surface area contributed by atoms with E-state index in [2.05, 4.69) is 49.5 Å². The Kier molecular flexibility index (Phi) is 9.44. The van der Waals surface area contributed by atoms with E-state index in [0.717, 1.165) is 54.7 Å². The number of carbonyl (C=O) groups is 3.